The minimum Gasteiger partial charge on any atom is -0.379 e. The van der Waals surface area contributed by atoms with E-state index in [4.69, 9.17) is 4.74 Å². The predicted octanol–water partition coefficient (Wildman–Crippen LogP) is 3.04. The summed E-state index contributed by atoms with van der Waals surface area (Å²) in [4.78, 5) is 11.4. The first-order valence-electron chi connectivity index (χ1n) is 7.76. The number of benzene rings is 1. The molecule has 7 heteroatoms. The quantitative estimate of drug-likeness (QED) is 0.876. The van der Waals surface area contributed by atoms with E-state index in [0.29, 0.717) is 0 Å². The lowest BCUT2D eigenvalue weighted by Crippen LogP contribution is -2.39. The normalized spacial score (nSPS) is 14.4. The Morgan fingerprint density at radius 3 is 2.50 bits per heavy atom. The number of hydrogen-bond acceptors (Lipinski definition) is 5. The van der Waals surface area contributed by atoms with E-state index in [1.165, 1.54) is 0 Å². The van der Waals surface area contributed by atoms with Crippen LogP contribution in [0, 0.1) is 6.92 Å². The molecule has 0 amide bonds. The highest BCUT2D eigenvalue weighted by molar-refractivity contribution is 5.85. The highest BCUT2D eigenvalue weighted by Gasteiger charge is 2.10. The Kier molecular flexibility index (Phi) is 9.00. The third kappa shape index (κ3) is 5.91. The highest BCUT2D eigenvalue weighted by Crippen LogP contribution is 2.19. The third-order valence-corrected chi connectivity index (χ3v) is 3.75. The number of halogens is 2. The Morgan fingerprint density at radius 1 is 1.08 bits per heavy atom. The van der Waals surface area contributed by atoms with Crippen LogP contribution in [0.4, 0.5) is 5.82 Å². The van der Waals surface area contributed by atoms with Crippen molar-refractivity contribution in [3.8, 4) is 11.3 Å². The van der Waals surface area contributed by atoms with Gasteiger partial charge in [0.05, 0.1) is 18.9 Å². The van der Waals surface area contributed by atoms with Gasteiger partial charge in [-0.2, -0.15) is 0 Å². The molecule has 0 atom stereocenters. The number of aromatic nitrogens is 2. The Hall–Kier alpha value is -1.40. The van der Waals surface area contributed by atoms with Crippen molar-refractivity contribution in [2.45, 2.75) is 6.92 Å². The van der Waals surface area contributed by atoms with Crippen molar-refractivity contribution in [3.05, 3.63) is 42.2 Å². The van der Waals surface area contributed by atoms with Gasteiger partial charge >= 0.3 is 0 Å². The maximum atomic E-state index is 5.36. The summed E-state index contributed by atoms with van der Waals surface area (Å²) < 4.78 is 5.36. The summed E-state index contributed by atoms with van der Waals surface area (Å²) in [6, 6.07) is 12.2. The van der Waals surface area contributed by atoms with Crippen LogP contribution < -0.4 is 5.32 Å². The molecule has 1 N–H and O–H groups in total. The monoisotopic (exact) mass is 370 g/mol. The molecule has 1 aromatic carbocycles. The van der Waals surface area contributed by atoms with Crippen molar-refractivity contribution in [2.75, 3.05) is 44.7 Å². The van der Waals surface area contributed by atoms with Crippen LogP contribution in [0.2, 0.25) is 0 Å². The molecule has 1 aromatic heterocycles. The van der Waals surface area contributed by atoms with E-state index in [2.05, 4.69) is 32.3 Å². The van der Waals surface area contributed by atoms with Gasteiger partial charge in [-0.05, 0) is 6.92 Å². The minimum atomic E-state index is 0. The van der Waals surface area contributed by atoms with Crippen LogP contribution in [-0.4, -0.2) is 54.3 Å². The summed E-state index contributed by atoms with van der Waals surface area (Å²) >= 11 is 0. The number of morpholine rings is 1. The number of nitrogens with zero attached hydrogens (tertiary/aromatic N) is 3. The molecule has 0 aliphatic carbocycles. The summed E-state index contributed by atoms with van der Waals surface area (Å²) in [5, 5.41) is 3.41. The molecule has 2 aromatic rings. The molecule has 24 heavy (non-hydrogen) atoms. The number of anilines is 1. The molecule has 0 bridgehead atoms. The van der Waals surface area contributed by atoms with Gasteiger partial charge < -0.3 is 10.1 Å². The summed E-state index contributed by atoms with van der Waals surface area (Å²) in [5.41, 5.74) is 2.08. The Morgan fingerprint density at radius 2 is 1.79 bits per heavy atom. The average molecular weight is 371 g/mol. The molecular formula is C17H24Cl2N4O. The lowest BCUT2D eigenvalue weighted by molar-refractivity contribution is 0.0398. The summed E-state index contributed by atoms with van der Waals surface area (Å²) in [7, 11) is 0. The van der Waals surface area contributed by atoms with Gasteiger partial charge in [0.25, 0.3) is 0 Å². The maximum Gasteiger partial charge on any atom is 0.130 e. The Labute approximate surface area is 155 Å². The van der Waals surface area contributed by atoms with Crippen LogP contribution in [0.15, 0.2) is 36.4 Å². The number of ether oxygens (including phenoxy) is 1. The first kappa shape index (κ1) is 20.6. The average Bonchev–Trinajstić information content (AvgIpc) is 2.56. The van der Waals surface area contributed by atoms with Crippen molar-refractivity contribution in [2.24, 2.45) is 0 Å². The molecule has 1 saturated heterocycles. The van der Waals surface area contributed by atoms with Crippen LogP contribution in [0.1, 0.15) is 5.82 Å². The topological polar surface area (TPSA) is 50.3 Å². The van der Waals surface area contributed by atoms with E-state index in [-0.39, 0.29) is 24.8 Å². The summed E-state index contributed by atoms with van der Waals surface area (Å²) in [5.74, 6) is 1.68. The van der Waals surface area contributed by atoms with Crippen LogP contribution in [0.3, 0.4) is 0 Å². The SMILES string of the molecule is Cc1nc(NCCN2CCOCC2)cc(-c2ccccc2)n1.Cl.Cl. The van der Waals surface area contributed by atoms with Crippen molar-refractivity contribution >= 4 is 30.6 Å². The lowest BCUT2D eigenvalue weighted by Gasteiger charge is -2.26. The van der Waals surface area contributed by atoms with E-state index in [1.54, 1.807) is 0 Å². The first-order valence-corrected chi connectivity index (χ1v) is 7.76. The molecule has 0 saturated carbocycles. The van der Waals surface area contributed by atoms with Gasteiger partial charge in [-0.1, -0.05) is 30.3 Å². The van der Waals surface area contributed by atoms with Gasteiger partial charge in [0.15, 0.2) is 0 Å². The fourth-order valence-corrected chi connectivity index (χ4v) is 2.58. The van der Waals surface area contributed by atoms with Crippen LogP contribution in [0.5, 0.6) is 0 Å². The van der Waals surface area contributed by atoms with E-state index < -0.39 is 0 Å². The summed E-state index contributed by atoms with van der Waals surface area (Å²) in [6.45, 7) is 7.52. The van der Waals surface area contributed by atoms with Crippen LogP contribution in [0.25, 0.3) is 11.3 Å². The molecule has 132 valence electrons. The molecule has 1 fully saturated rings. The molecular weight excluding hydrogens is 347 g/mol. The molecule has 1 aliphatic rings. The Balaban J connectivity index is 0.00000144. The van der Waals surface area contributed by atoms with E-state index in [0.717, 1.165) is 62.3 Å². The lowest BCUT2D eigenvalue weighted by atomic mass is 10.1. The molecule has 0 unspecified atom stereocenters. The van der Waals surface area contributed by atoms with Crippen molar-refractivity contribution in [1.29, 1.82) is 0 Å². The second-order valence-electron chi connectivity index (χ2n) is 5.43. The zero-order chi connectivity index (χ0) is 15.2. The smallest absolute Gasteiger partial charge is 0.130 e. The molecule has 5 nitrogen and oxygen atoms in total. The van der Waals surface area contributed by atoms with Gasteiger partial charge in [-0.3, -0.25) is 4.90 Å². The fourth-order valence-electron chi connectivity index (χ4n) is 2.58. The van der Waals surface area contributed by atoms with Gasteiger partial charge in [0.1, 0.15) is 11.6 Å². The maximum absolute atomic E-state index is 5.36. The van der Waals surface area contributed by atoms with E-state index >= 15 is 0 Å². The standard InChI is InChI=1S/C17H22N4O.2ClH/c1-14-19-16(15-5-3-2-4-6-15)13-17(20-14)18-7-8-21-9-11-22-12-10-21;;/h2-6,13H,7-12H2,1H3,(H,18,19,20);2*1H. The van der Waals surface area contributed by atoms with E-state index in [1.807, 2.05) is 31.2 Å². The van der Waals surface area contributed by atoms with Gasteiger partial charge in [-0.15, -0.1) is 24.8 Å². The van der Waals surface area contributed by atoms with Crippen molar-refractivity contribution in [1.82, 2.24) is 14.9 Å². The second kappa shape index (κ2) is 10.5. The molecule has 2 heterocycles. The molecule has 1 aliphatic heterocycles. The van der Waals surface area contributed by atoms with E-state index in [9.17, 15) is 0 Å². The number of aryl methyl sites for hydroxylation is 1. The minimum absolute atomic E-state index is 0. The zero-order valence-electron chi connectivity index (χ0n) is 13.8. The number of hydrogen-bond donors (Lipinski definition) is 1. The van der Waals surface area contributed by atoms with Gasteiger partial charge in [0.2, 0.25) is 0 Å². The predicted molar refractivity (Wildman–Crippen MR) is 102 cm³/mol. The zero-order valence-corrected chi connectivity index (χ0v) is 15.4. The Bertz CT molecular complexity index is 607. The van der Waals surface area contributed by atoms with Crippen molar-refractivity contribution < 1.29 is 4.74 Å². The van der Waals surface area contributed by atoms with Gasteiger partial charge in [0, 0.05) is 37.8 Å². The first-order chi connectivity index (χ1) is 10.8. The fraction of sp³-hybridized carbons (Fsp3) is 0.412. The second-order valence-corrected chi connectivity index (χ2v) is 5.43. The molecule has 3 rings (SSSR count). The van der Waals surface area contributed by atoms with Crippen LogP contribution >= 0.6 is 24.8 Å². The third-order valence-electron chi connectivity index (χ3n) is 3.75. The number of rotatable bonds is 5. The summed E-state index contributed by atoms with van der Waals surface area (Å²) in [6.07, 6.45) is 0. The van der Waals surface area contributed by atoms with Gasteiger partial charge in [-0.25, -0.2) is 9.97 Å². The largest absolute Gasteiger partial charge is 0.379 e. The molecule has 0 spiro atoms. The molecule has 0 radical (unpaired) electrons. The van der Waals surface area contributed by atoms with Crippen molar-refractivity contribution in [3.63, 3.8) is 0 Å². The van der Waals surface area contributed by atoms with Crippen LogP contribution in [-0.2, 0) is 4.74 Å². The highest BCUT2D eigenvalue weighted by atomic mass is 35.5. The number of nitrogens with one attached hydrogen (secondary N) is 1.